The van der Waals surface area contributed by atoms with Gasteiger partial charge in [0.2, 0.25) is 0 Å². The Bertz CT molecular complexity index is 294. The molecule has 0 aliphatic heterocycles. The van der Waals surface area contributed by atoms with Crippen molar-refractivity contribution in [1.29, 1.82) is 0 Å². The molecule has 0 nitrogen and oxygen atoms in total. The van der Waals surface area contributed by atoms with Crippen LogP contribution in [0.3, 0.4) is 0 Å². The van der Waals surface area contributed by atoms with Gasteiger partial charge in [0, 0.05) is 0 Å². The van der Waals surface area contributed by atoms with Gasteiger partial charge in [-0.15, -0.1) is 0 Å². The third-order valence-electron chi connectivity index (χ3n) is 7.50. The second-order valence-electron chi connectivity index (χ2n) is 10.6. The molecule has 0 heterocycles. The highest BCUT2D eigenvalue weighted by Crippen LogP contribution is 2.23. The lowest BCUT2D eigenvalue weighted by Gasteiger charge is -2.19. The van der Waals surface area contributed by atoms with Crippen LogP contribution in [0, 0.1) is 11.8 Å². The first-order valence-corrected chi connectivity index (χ1v) is 14.7. The van der Waals surface area contributed by atoms with E-state index in [4.69, 9.17) is 0 Å². The van der Waals surface area contributed by atoms with E-state index in [1.807, 2.05) is 0 Å². The van der Waals surface area contributed by atoms with Crippen LogP contribution < -0.4 is 0 Å². The molecule has 0 saturated carbocycles. The predicted molar refractivity (Wildman–Crippen MR) is 140 cm³/mol. The summed E-state index contributed by atoms with van der Waals surface area (Å²) in [5, 5.41) is 0. The number of hydrogen-bond acceptors (Lipinski definition) is 0. The lowest BCUT2D eigenvalue weighted by Crippen LogP contribution is -2.07. The van der Waals surface area contributed by atoms with E-state index < -0.39 is 0 Å². The van der Waals surface area contributed by atoms with Crippen molar-refractivity contribution in [2.45, 2.75) is 182 Å². The molecule has 0 rings (SSSR count). The molecule has 0 aromatic rings. The quantitative estimate of drug-likeness (QED) is 0.128. The molecule has 0 amide bonds. The third-order valence-corrected chi connectivity index (χ3v) is 7.50. The van der Waals surface area contributed by atoms with Crippen LogP contribution in [0.5, 0.6) is 0 Å². The molecule has 0 aromatic heterocycles. The minimum Gasteiger partial charge on any atom is -0.0654 e. The number of unbranched alkanes of at least 4 members (excludes halogenated alkanes) is 20. The first kappa shape index (κ1) is 30.0. The lowest BCUT2D eigenvalue weighted by atomic mass is 9.87. The number of rotatable bonds is 25. The van der Waals surface area contributed by atoms with Crippen molar-refractivity contribution in [1.82, 2.24) is 0 Å². The molecular formula is C30H62. The van der Waals surface area contributed by atoms with Gasteiger partial charge < -0.3 is 0 Å². The van der Waals surface area contributed by atoms with Crippen molar-refractivity contribution >= 4 is 0 Å². The number of hydrogen-bond donors (Lipinski definition) is 0. The average Bonchev–Trinajstić information content (AvgIpc) is 2.75. The standard InChI is InChI=1S/C30H62/c1-5-7-9-10-11-12-13-14-15-16-17-18-19-20-21-22-23-24-25-26-28-30(4)29(3)27-8-6-2/h29-30H,5-28H2,1-4H3. The van der Waals surface area contributed by atoms with Crippen molar-refractivity contribution in [3.8, 4) is 0 Å². The maximum Gasteiger partial charge on any atom is -0.0417 e. The molecule has 0 N–H and O–H groups in total. The Hall–Kier alpha value is 0. The molecule has 0 spiro atoms. The van der Waals surface area contributed by atoms with E-state index in [1.165, 1.54) is 154 Å². The van der Waals surface area contributed by atoms with Crippen LogP contribution >= 0.6 is 0 Å². The van der Waals surface area contributed by atoms with Crippen molar-refractivity contribution in [3.05, 3.63) is 0 Å². The zero-order valence-corrected chi connectivity index (χ0v) is 22.1. The monoisotopic (exact) mass is 422 g/mol. The van der Waals surface area contributed by atoms with Gasteiger partial charge in [-0.3, -0.25) is 0 Å². The molecule has 30 heavy (non-hydrogen) atoms. The summed E-state index contributed by atoms with van der Waals surface area (Å²) in [4.78, 5) is 0. The summed E-state index contributed by atoms with van der Waals surface area (Å²) >= 11 is 0. The van der Waals surface area contributed by atoms with E-state index in [1.54, 1.807) is 0 Å². The minimum atomic E-state index is 0.935. The van der Waals surface area contributed by atoms with E-state index in [0.717, 1.165) is 11.8 Å². The van der Waals surface area contributed by atoms with Gasteiger partial charge in [0.15, 0.2) is 0 Å². The first-order valence-electron chi connectivity index (χ1n) is 14.7. The minimum absolute atomic E-state index is 0.935. The topological polar surface area (TPSA) is 0 Å². The van der Waals surface area contributed by atoms with E-state index in [9.17, 15) is 0 Å². The van der Waals surface area contributed by atoms with E-state index in [2.05, 4.69) is 27.7 Å². The van der Waals surface area contributed by atoms with Gasteiger partial charge in [-0.1, -0.05) is 182 Å². The summed E-state index contributed by atoms with van der Waals surface area (Å²) < 4.78 is 0. The molecule has 0 aliphatic carbocycles. The highest BCUT2D eigenvalue weighted by atomic mass is 14.2. The van der Waals surface area contributed by atoms with Crippen LogP contribution in [-0.4, -0.2) is 0 Å². The van der Waals surface area contributed by atoms with E-state index in [-0.39, 0.29) is 0 Å². The van der Waals surface area contributed by atoms with Gasteiger partial charge in [-0.05, 0) is 11.8 Å². The molecule has 0 heteroatoms. The molecule has 0 fully saturated rings. The molecule has 2 atom stereocenters. The molecule has 0 aliphatic rings. The van der Waals surface area contributed by atoms with E-state index >= 15 is 0 Å². The van der Waals surface area contributed by atoms with Crippen molar-refractivity contribution in [2.75, 3.05) is 0 Å². The van der Waals surface area contributed by atoms with Crippen LogP contribution in [0.15, 0.2) is 0 Å². The Labute approximate surface area is 193 Å². The van der Waals surface area contributed by atoms with Crippen LogP contribution in [0.4, 0.5) is 0 Å². The van der Waals surface area contributed by atoms with Gasteiger partial charge in [-0.25, -0.2) is 0 Å². The Balaban J connectivity index is 3.13. The molecule has 0 saturated heterocycles. The smallest absolute Gasteiger partial charge is 0.0417 e. The largest absolute Gasteiger partial charge is 0.0654 e. The molecule has 2 unspecified atom stereocenters. The zero-order valence-electron chi connectivity index (χ0n) is 22.1. The average molecular weight is 423 g/mol. The summed E-state index contributed by atoms with van der Waals surface area (Å²) in [6, 6.07) is 0. The SMILES string of the molecule is CCCCCCCCCCCCCCCCCCCCCCC(C)C(C)CCCC. The molecule has 182 valence electrons. The molecular weight excluding hydrogens is 360 g/mol. The van der Waals surface area contributed by atoms with Crippen molar-refractivity contribution in [2.24, 2.45) is 11.8 Å². The van der Waals surface area contributed by atoms with Crippen molar-refractivity contribution in [3.63, 3.8) is 0 Å². The summed E-state index contributed by atoms with van der Waals surface area (Å²) in [5.74, 6) is 1.87. The van der Waals surface area contributed by atoms with Crippen LogP contribution in [0.2, 0.25) is 0 Å². The van der Waals surface area contributed by atoms with Gasteiger partial charge in [0.1, 0.15) is 0 Å². The second kappa shape index (κ2) is 25.3. The summed E-state index contributed by atoms with van der Waals surface area (Å²) in [6.45, 7) is 9.57. The highest BCUT2D eigenvalue weighted by Gasteiger charge is 2.10. The third kappa shape index (κ3) is 22.7. The summed E-state index contributed by atoms with van der Waals surface area (Å²) in [7, 11) is 0. The van der Waals surface area contributed by atoms with Crippen LogP contribution in [0.25, 0.3) is 0 Å². The van der Waals surface area contributed by atoms with Crippen molar-refractivity contribution < 1.29 is 0 Å². The first-order chi connectivity index (χ1) is 14.7. The zero-order chi connectivity index (χ0) is 22.1. The van der Waals surface area contributed by atoms with Gasteiger partial charge in [-0.2, -0.15) is 0 Å². The van der Waals surface area contributed by atoms with Gasteiger partial charge in [0.25, 0.3) is 0 Å². The van der Waals surface area contributed by atoms with Gasteiger partial charge in [0.05, 0.1) is 0 Å². The summed E-state index contributed by atoms with van der Waals surface area (Å²) in [6.07, 6.45) is 35.2. The fourth-order valence-corrected chi connectivity index (χ4v) is 4.82. The Morgan fingerprint density at radius 3 is 0.833 bits per heavy atom. The normalized spacial score (nSPS) is 13.6. The second-order valence-corrected chi connectivity index (χ2v) is 10.6. The Morgan fingerprint density at radius 2 is 0.533 bits per heavy atom. The lowest BCUT2D eigenvalue weighted by molar-refractivity contribution is 0.325. The fraction of sp³-hybridized carbons (Fsp3) is 1.00. The van der Waals surface area contributed by atoms with Gasteiger partial charge >= 0.3 is 0 Å². The molecule has 0 bridgehead atoms. The van der Waals surface area contributed by atoms with E-state index in [0.29, 0.717) is 0 Å². The Morgan fingerprint density at radius 1 is 0.300 bits per heavy atom. The summed E-state index contributed by atoms with van der Waals surface area (Å²) in [5.41, 5.74) is 0. The van der Waals surface area contributed by atoms with Crippen LogP contribution in [-0.2, 0) is 0 Å². The maximum absolute atomic E-state index is 2.48. The van der Waals surface area contributed by atoms with Crippen LogP contribution in [0.1, 0.15) is 182 Å². The molecule has 0 radical (unpaired) electrons. The fourth-order valence-electron chi connectivity index (χ4n) is 4.82. The predicted octanol–water partition coefficient (Wildman–Crippen LogP) is 11.7. The Kier molecular flexibility index (Phi) is 25.3. The maximum atomic E-state index is 2.48. The highest BCUT2D eigenvalue weighted by molar-refractivity contribution is 4.62. The molecule has 0 aromatic carbocycles.